The Balaban J connectivity index is 1.58. The zero-order chi connectivity index (χ0) is 18.2. The Morgan fingerprint density at radius 2 is 2.08 bits per heavy atom. The summed E-state index contributed by atoms with van der Waals surface area (Å²) >= 11 is 1.33. The summed E-state index contributed by atoms with van der Waals surface area (Å²) in [5.41, 5.74) is 4.32. The van der Waals surface area contributed by atoms with E-state index < -0.39 is 0 Å². The van der Waals surface area contributed by atoms with Gasteiger partial charge in [0, 0.05) is 30.1 Å². The monoisotopic (exact) mass is 366 g/mol. The standard InChI is InChI=1S/C18H18N6OS/c1-2-24-17(15-8-4-3-5-9-15)22-23-18(24)26-13-16(25)21-20-12-14-7-6-10-19-11-14/h3-12H,2,13H2,1H3,(H,21,25)/b20-12-. The lowest BCUT2D eigenvalue weighted by atomic mass is 10.2. The van der Waals surface area contributed by atoms with Crippen molar-refractivity contribution in [2.24, 2.45) is 5.10 Å². The Labute approximate surface area is 155 Å². The van der Waals surface area contributed by atoms with Crippen molar-refractivity contribution in [1.82, 2.24) is 25.2 Å². The molecule has 1 aromatic carbocycles. The average molecular weight is 366 g/mol. The number of hydrogen-bond acceptors (Lipinski definition) is 6. The molecule has 0 aliphatic heterocycles. The molecule has 0 atom stereocenters. The van der Waals surface area contributed by atoms with Crippen LogP contribution in [-0.2, 0) is 11.3 Å². The number of benzene rings is 1. The number of hydrogen-bond donors (Lipinski definition) is 1. The van der Waals surface area contributed by atoms with Crippen LogP contribution in [0.3, 0.4) is 0 Å². The number of thioether (sulfide) groups is 1. The predicted molar refractivity (Wildman–Crippen MR) is 102 cm³/mol. The summed E-state index contributed by atoms with van der Waals surface area (Å²) in [6.45, 7) is 2.75. The Bertz CT molecular complexity index is 879. The largest absolute Gasteiger partial charge is 0.302 e. The van der Waals surface area contributed by atoms with Crippen LogP contribution in [0, 0.1) is 0 Å². The van der Waals surface area contributed by atoms with E-state index in [-0.39, 0.29) is 11.7 Å². The number of rotatable bonds is 7. The second-order valence-electron chi connectivity index (χ2n) is 5.28. The summed E-state index contributed by atoms with van der Waals surface area (Å²) in [6, 6.07) is 13.5. The maximum absolute atomic E-state index is 12.0. The Kier molecular flexibility index (Phi) is 6.10. The van der Waals surface area contributed by atoms with Crippen molar-refractivity contribution in [3.63, 3.8) is 0 Å². The van der Waals surface area contributed by atoms with Crippen molar-refractivity contribution in [2.45, 2.75) is 18.6 Å². The molecule has 132 valence electrons. The third-order valence-corrected chi connectivity index (χ3v) is 4.45. The molecule has 0 aliphatic rings. The molecular formula is C18H18N6OS. The van der Waals surface area contributed by atoms with E-state index in [1.807, 2.05) is 47.9 Å². The average Bonchev–Trinajstić information content (AvgIpc) is 3.11. The Morgan fingerprint density at radius 1 is 1.23 bits per heavy atom. The Morgan fingerprint density at radius 3 is 2.81 bits per heavy atom. The van der Waals surface area contributed by atoms with Crippen LogP contribution >= 0.6 is 11.8 Å². The highest BCUT2D eigenvalue weighted by atomic mass is 32.2. The summed E-state index contributed by atoms with van der Waals surface area (Å²) in [5, 5.41) is 13.1. The van der Waals surface area contributed by atoms with Gasteiger partial charge in [0.1, 0.15) is 0 Å². The summed E-state index contributed by atoms with van der Waals surface area (Å²) in [6.07, 6.45) is 4.90. The normalized spacial score (nSPS) is 11.0. The first-order valence-corrected chi connectivity index (χ1v) is 9.10. The van der Waals surface area contributed by atoms with E-state index in [4.69, 9.17) is 0 Å². The first-order chi connectivity index (χ1) is 12.8. The summed E-state index contributed by atoms with van der Waals surface area (Å²) in [5.74, 6) is 0.796. The van der Waals surface area contributed by atoms with Gasteiger partial charge in [0.05, 0.1) is 12.0 Å². The van der Waals surface area contributed by atoms with Gasteiger partial charge in [-0.25, -0.2) is 5.43 Å². The van der Waals surface area contributed by atoms with Crippen LogP contribution in [0.2, 0.25) is 0 Å². The molecule has 2 aromatic heterocycles. The fourth-order valence-electron chi connectivity index (χ4n) is 2.27. The first-order valence-electron chi connectivity index (χ1n) is 8.11. The van der Waals surface area contributed by atoms with Crippen LogP contribution in [-0.4, -0.2) is 37.6 Å². The van der Waals surface area contributed by atoms with Gasteiger partial charge in [0.2, 0.25) is 0 Å². The zero-order valence-electron chi connectivity index (χ0n) is 14.2. The van der Waals surface area contributed by atoms with Gasteiger partial charge in [-0.1, -0.05) is 48.2 Å². The van der Waals surface area contributed by atoms with Gasteiger partial charge in [0.25, 0.3) is 5.91 Å². The molecule has 1 N–H and O–H groups in total. The minimum Gasteiger partial charge on any atom is -0.302 e. The fraction of sp³-hybridized carbons (Fsp3) is 0.167. The minimum absolute atomic E-state index is 0.206. The molecule has 3 aromatic rings. The Hall–Kier alpha value is -3.00. The molecule has 26 heavy (non-hydrogen) atoms. The van der Waals surface area contributed by atoms with Crippen LogP contribution in [0.5, 0.6) is 0 Å². The smallest absolute Gasteiger partial charge is 0.250 e. The van der Waals surface area contributed by atoms with Crippen LogP contribution in [0.25, 0.3) is 11.4 Å². The van der Waals surface area contributed by atoms with Gasteiger partial charge in [-0.15, -0.1) is 10.2 Å². The van der Waals surface area contributed by atoms with Crippen LogP contribution in [0.4, 0.5) is 0 Å². The fourth-order valence-corrected chi connectivity index (χ4v) is 3.07. The van der Waals surface area contributed by atoms with Gasteiger partial charge in [-0.2, -0.15) is 5.10 Å². The number of nitrogens with zero attached hydrogens (tertiary/aromatic N) is 5. The van der Waals surface area contributed by atoms with Gasteiger partial charge >= 0.3 is 0 Å². The number of nitrogens with one attached hydrogen (secondary N) is 1. The van der Waals surface area contributed by atoms with E-state index in [0.29, 0.717) is 5.16 Å². The minimum atomic E-state index is -0.206. The summed E-state index contributed by atoms with van der Waals surface area (Å²) in [4.78, 5) is 15.9. The molecule has 0 fully saturated rings. The molecule has 7 nitrogen and oxygen atoms in total. The molecule has 0 radical (unpaired) electrons. The van der Waals surface area contributed by atoms with Crippen LogP contribution < -0.4 is 5.43 Å². The SMILES string of the molecule is CCn1c(SCC(=O)N/N=C\c2cccnc2)nnc1-c1ccccc1. The number of amides is 1. The topological polar surface area (TPSA) is 85.1 Å². The zero-order valence-corrected chi connectivity index (χ0v) is 15.1. The van der Waals surface area contributed by atoms with E-state index in [1.54, 1.807) is 24.7 Å². The first kappa shape index (κ1) is 17.8. The van der Waals surface area contributed by atoms with E-state index in [1.165, 1.54) is 11.8 Å². The molecule has 0 saturated carbocycles. The maximum Gasteiger partial charge on any atom is 0.250 e. The third kappa shape index (κ3) is 4.54. The van der Waals surface area contributed by atoms with E-state index in [2.05, 4.69) is 25.7 Å². The number of carbonyl (C=O) groups is 1. The van der Waals surface area contributed by atoms with Gasteiger partial charge in [-0.3, -0.25) is 9.78 Å². The molecule has 0 unspecified atom stereocenters. The third-order valence-electron chi connectivity index (χ3n) is 3.48. The van der Waals surface area contributed by atoms with E-state index in [0.717, 1.165) is 23.5 Å². The molecule has 0 bridgehead atoms. The maximum atomic E-state index is 12.0. The van der Waals surface area contributed by atoms with Crippen molar-refractivity contribution in [2.75, 3.05) is 5.75 Å². The summed E-state index contributed by atoms with van der Waals surface area (Å²) < 4.78 is 1.99. The molecule has 3 rings (SSSR count). The molecule has 0 spiro atoms. The van der Waals surface area contributed by atoms with Crippen molar-refractivity contribution in [1.29, 1.82) is 0 Å². The lowest BCUT2D eigenvalue weighted by molar-refractivity contribution is -0.118. The van der Waals surface area contributed by atoms with Crippen molar-refractivity contribution >= 4 is 23.9 Å². The van der Waals surface area contributed by atoms with Crippen molar-refractivity contribution in [3.8, 4) is 11.4 Å². The highest BCUT2D eigenvalue weighted by Crippen LogP contribution is 2.23. The summed E-state index contributed by atoms with van der Waals surface area (Å²) in [7, 11) is 0. The number of carbonyl (C=O) groups excluding carboxylic acids is 1. The second-order valence-corrected chi connectivity index (χ2v) is 6.23. The van der Waals surface area contributed by atoms with Gasteiger partial charge in [0.15, 0.2) is 11.0 Å². The number of pyridine rings is 1. The highest BCUT2D eigenvalue weighted by molar-refractivity contribution is 7.99. The predicted octanol–water partition coefficient (Wildman–Crippen LogP) is 2.60. The number of aromatic nitrogens is 4. The number of hydrazone groups is 1. The van der Waals surface area contributed by atoms with Crippen LogP contribution in [0.15, 0.2) is 65.1 Å². The molecule has 0 saturated heterocycles. The molecule has 0 aliphatic carbocycles. The molecule has 8 heteroatoms. The van der Waals surface area contributed by atoms with Crippen molar-refractivity contribution < 1.29 is 4.79 Å². The molecular weight excluding hydrogens is 348 g/mol. The lowest BCUT2D eigenvalue weighted by Gasteiger charge is -2.06. The van der Waals surface area contributed by atoms with Crippen molar-refractivity contribution in [3.05, 3.63) is 60.4 Å². The quantitative estimate of drug-likeness (QED) is 0.395. The molecule has 2 heterocycles. The van der Waals surface area contributed by atoms with Gasteiger partial charge < -0.3 is 4.57 Å². The second kappa shape index (κ2) is 8.91. The highest BCUT2D eigenvalue weighted by Gasteiger charge is 2.14. The van der Waals surface area contributed by atoms with E-state index >= 15 is 0 Å². The van der Waals surface area contributed by atoms with E-state index in [9.17, 15) is 4.79 Å². The molecule has 1 amide bonds. The van der Waals surface area contributed by atoms with Gasteiger partial charge in [-0.05, 0) is 13.0 Å². The lowest BCUT2D eigenvalue weighted by Crippen LogP contribution is -2.20. The van der Waals surface area contributed by atoms with Crippen LogP contribution in [0.1, 0.15) is 12.5 Å².